The molecule has 1 fully saturated rings. The first-order valence-corrected chi connectivity index (χ1v) is 6.62. The van der Waals surface area contributed by atoms with Gasteiger partial charge in [0.25, 0.3) is 0 Å². The van der Waals surface area contributed by atoms with Crippen molar-refractivity contribution in [1.82, 2.24) is 20.3 Å². The minimum Gasteiger partial charge on any atom is -0.366 e. The summed E-state index contributed by atoms with van der Waals surface area (Å²) in [7, 11) is 0. The first-order chi connectivity index (χ1) is 9.42. The molecule has 19 heavy (non-hydrogen) atoms. The molecular weight excluding hydrogens is 238 g/mol. The number of hydrogen-bond donors (Lipinski definition) is 2. The van der Waals surface area contributed by atoms with E-state index in [-0.39, 0.29) is 0 Å². The number of anilines is 1. The zero-order chi connectivity index (χ0) is 12.9. The number of hydrogen-bond acceptors (Lipinski definition) is 5. The molecule has 0 saturated carbocycles. The van der Waals surface area contributed by atoms with E-state index in [0.29, 0.717) is 6.04 Å². The van der Waals surface area contributed by atoms with Gasteiger partial charge in [-0.3, -0.25) is 4.98 Å². The van der Waals surface area contributed by atoms with Gasteiger partial charge in [-0.25, -0.2) is 9.97 Å². The molecule has 98 valence electrons. The van der Waals surface area contributed by atoms with Crippen LogP contribution >= 0.6 is 0 Å². The number of rotatable bonds is 3. The minimum absolute atomic E-state index is 0.445. The molecular formula is C14H17N5. The number of nitrogens with one attached hydrogen (secondary N) is 2. The summed E-state index contributed by atoms with van der Waals surface area (Å²) in [5, 5.41) is 6.83. The summed E-state index contributed by atoms with van der Waals surface area (Å²) in [6.45, 7) is 2.10. The smallest absolute Gasteiger partial charge is 0.130 e. The van der Waals surface area contributed by atoms with Gasteiger partial charge < -0.3 is 10.6 Å². The van der Waals surface area contributed by atoms with E-state index < -0.39 is 0 Å². The van der Waals surface area contributed by atoms with Crippen LogP contribution < -0.4 is 10.6 Å². The molecule has 3 rings (SSSR count). The molecule has 0 aliphatic carbocycles. The van der Waals surface area contributed by atoms with Crippen molar-refractivity contribution in [3.05, 3.63) is 36.8 Å². The van der Waals surface area contributed by atoms with Crippen LogP contribution in [0, 0.1) is 0 Å². The van der Waals surface area contributed by atoms with Gasteiger partial charge >= 0.3 is 0 Å². The van der Waals surface area contributed by atoms with Gasteiger partial charge in [0.15, 0.2) is 0 Å². The van der Waals surface area contributed by atoms with Crippen LogP contribution in [0.4, 0.5) is 5.82 Å². The normalized spacial score (nSPS) is 19.1. The molecule has 3 heterocycles. The Balaban J connectivity index is 1.76. The van der Waals surface area contributed by atoms with Crippen LogP contribution in [0.3, 0.4) is 0 Å². The van der Waals surface area contributed by atoms with Gasteiger partial charge in [0.2, 0.25) is 0 Å². The average Bonchev–Trinajstić information content (AvgIpc) is 2.49. The van der Waals surface area contributed by atoms with Gasteiger partial charge in [0, 0.05) is 24.8 Å². The van der Waals surface area contributed by atoms with Crippen LogP contribution in [0.15, 0.2) is 36.8 Å². The highest BCUT2D eigenvalue weighted by Crippen LogP contribution is 2.17. The van der Waals surface area contributed by atoms with Gasteiger partial charge in [-0.15, -0.1) is 0 Å². The monoisotopic (exact) mass is 255 g/mol. The fourth-order valence-corrected chi connectivity index (χ4v) is 2.27. The Bertz CT molecular complexity index is 522. The highest BCUT2D eigenvalue weighted by molar-refractivity contribution is 5.57. The summed E-state index contributed by atoms with van der Waals surface area (Å²) < 4.78 is 0. The van der Waals surface area contributed by atoms with Crippen molar-refractivity contribution in [2.75, 3.05) is 18.4 Å². The minimum atomic E-state index is 0.445. The lowest BCUT2D eigenvalue weighted by atomic mass is 10.1. The summed E-state index contributed by atoms with van der Waals surface area (Å²) in [4.78, 5) is 12.9. The van der Waals surface area contributed by atoms with Gasteiger partial charge in [0.05, 0.1) is 11.4 Å². The summed E-state index contributed by atoms with van der Waals surface area (Å²) in [6, 6.07) is 8.21. The van der Waals surface area contributed by atoms with E-state index in [2.05, 4.69) is 25.6 Å². The third kappa shape index (κ3) is 3.06. The number of nitrogens with zero attached hydrogens (tertiary/aromatic N) is 3. The predicted octanol–water partition coefficient (Wildman–Crippen LogP) is 1.70. The standard InChI is InChI=1S/C14H17N5/c1-2-7-16-12(5-1)13-8-14(18-10-17-13)19-11-4-3-6-15-9-11/h1-2,5,7-8,10-11,15H,3-4,6,9H2,(H,17,18,19). The molecule has 1 atom stereocenters. The maximum atomic E-state index is 4.31. The summed E-state index contributed by atoms with van der Waals surface area (Å²) >= 11 is 0. The van der Waals surface area contributed by atoms with E-state index in [1.807, 2.05) is 24.3 Å². The Hall–Kier alpha value is -2.01. The predicted molar refractivity (Wildman–Crippen MR) is 74.8 cm³/mol. The van der Waals surface area contributed by atoms with Gasteiger partial charge in [0.1, 0.15) is 12.1 Å². The Morgan fingerprint density at radius 1 is 1.16 bits per heavy atom. The highest BCUT2D eigenvalue weighted by Gasteiger charge is 2.13. The van der Waals surface area contributed by atoms with Crippen molar-refractivity contribution < 1.29 is 0 Å². The summed E-state index contributed by atoms with van der Waals surface area (Å²) in [6.07, 6.45) is 5.74. The molecule has 0 bridgehead atoms. The van der Waals surface area contributed by atoms with Gasteiger partial charge in [-0.2, -0.15) is 0 Å². The van der Waals surface area contributed by atoms with Gasteiger partial charge in [-0.1, -0.05) is 6.07 Å². The maximum Gasteiger partial charge on any atom is 0.130 e. The molecule has 2 aromatic rings. The van der Waals surface area contributed by atoms with Crippen LogP contribution in [-0.4, -0.2) is 34.1 Å². The molecule has 1 saturated heterocycles. The second-order valence-electron chi connectivity index (χ2n) is 4.69. The molecule has 1 aliphatic heterocycles. The number of aromatic nitrogens is 3. The van der Waals surface area contributed by atoms with E-state index in [0.717, 1.165) is 30.3 Å². The molecule has 2 N–H and O–H groups in total. The SMILES string of the molecule is c1ccc(-c2cc(NC3CCCNC3)ncn2)nc1. The molecule has 5 nitrogen and oxygen atoms in total. The Kier molecular flexibility index (Phi) is 3.65. The lowest BCUT2D eigenvalue weighted by Crippen LogP contribution is -2.38. The zero-order valence-corrected chi connectivity index (χ0v) is 10.7. The lowest BCUT2D eigenvalue weighted by molar-refractivity contribution is 0.479. The third-order valence-corrected chi connectivity index (χ3v) is 3.24. The van der Waals surface area contributed by atoms with Crippen molar-refractivity contribution in [2.45, 2.75) is 18.9 Å². The lowest BCUT2D eigenvalue weighted by Gasteiger charge is -2.24. The molecule has 0 amide bonds. The fraction of sp³-hybridized carbons (Fsp3) is 0.357. The van der Waals surface area contributed by atoms with E-state index >= 15 is 0 Å². The topological polar surface area (TPSA) is 62.7 Å². The largest absolute Gasteiger partial charge is 0.366 e. The Morgan fingerprint density at radius 2 is 2.16 bits per heavy atom. The van der Waals surface area contributed by atoms with Crippen LogP contribution in [0.2, 0.25) is 0 Å². The van der Waals surface area contributed by atoms with Crippen molar-refractivity contribution in [2.24, 2.45) is 0 Å². The Labute approximate surface area is 112 Å². The molecule has 0 spiro atoms. The first-order valence-electron chi connectivity index (χ1n) is 6.62. The fourth-order valence-electron chi connectivity index (χ4n) is 2.27. The van der Waals surface area contributed by atoms with Crippen molar-refractivity contribution in [1.29, 1.82) is 0 Å². The quantitative estimate of drug-likeness (QED) is 0.874. The number of pyridine rings is 1. The Morgan fingerprint density at radius 3 is 2.95 bits per heavy atom. The zero-order valence-electron chi connectivity index (χ0n) is 10.7. The first kappa shape index (κ1) is 12.0. The molecule has 2 aromatic heterocycles. The van der Waals surface area contributed by atoms with E-state index in [9.17, 15) is 0 Å². The van der Waals surface area contributed by atoms with E-state index in [4.69, 9.17) is 0 Å². The molecule has 0 aromatic carbocycles. The van der Waals surface area contributed by atoms with E-state index in [1.54, 1.807) is 12.5 Å². The molecule has 1 aliphatic rings. The van der Waals surface area contributed by atoms with Crippen LogP contribution in [0.1, 0.15) is 12.8 Å². The van der Waals surface area contributed by atoms with Crippen LogP contribution in [0.25, 0.3) is 11.4 Å². The molecule has 5 heteroatoms. The van der Waals surface area contributed by atoms with Crippen LogP contribution in [-0.2, 0) is 0 Å². The average molecular weight is 255 g/mol. The van der Waals surface area contributed by atoms with Crippen molar-refractivity contribution >= 4 is 5.82 Å². The molecule has 0 radical (unpaired) electrons. The highest BCUT2D eigenvalue weighted by atomic mass is 15.1. The molecule has 1 unspecified atom stereocenters. The summed E-state index contributed by atoms with van der Waals surface area (Å²) in [5.41, 5.74) is 1.72. The van der Waals surface area contributed by atoms with Crippen LogP contribution in [0.5, 0.6) is 0 Å². The van der Waals surface area contributed by atoms with E-state index in [1.165, 1.54) is 12.8 Å². The second kappa shape index (κ2) is 5.75. The third-order valence-electron chi connectivity index (χ3n) is 3.24. The number of piperidine rings is 1. The van der Waals surface area contributed by atoms with Gasteiger partial charge in [-0.05, 0) is 31.5 Å². The second-order valence-corrected chi connectivity index (χ2v) is 4.69. The van der Waals surface area contributed by atoms with Crippen molar-refractivity contribution in [3.63, 3.8) is 0 Å². The summed E-state index contributed by atoms with van der Waals surface area (Å²) in [5.74, 6) is 0.865. The maximum absolute atomic E-state index is 4.31. The van der Waals surface area contributed by atoms with Crippen molar-refractivity contribution in [3.8, 4) is 11.4 Å².